The maximum atomic E-state index is 14.3. The van der Waals surface area contributed by atoms with Crippen molar-refractivity contribution in [1.82, 2.24) is 0 Å². The normalized spacial score (nSPS) is 40.8. The second-order valence-corrected chi connectivity index (χ2v) is 12.0. The number of rotatable bonds is 8. The summed E-state index contributed by atoms with van der Waals surface area (Å²) < 4.78 is 5.76. The Kier molecular flexibility index (Phi) is 7.28. The molecule has 198 valence electrons. The number of carbonyl (C=O) groups excluding carboxylic acids is 2. The van der Waals surface area contributed by atoms with Crippen molar-refractivity contribution in [1.29, 1.82) is 0 Å². The maximum Gasteiger partial charge on any atom is 0.331 e. The number of esters is 1. The lowest BCUT2D eigenvalue weighted by molar-refractivity contribution is -0.201. The Hall–Kier alpha value is -2.02. The molecule has 36 heavy (non-hydrogen) atoms. The topological polar surface area (TPSA) is 104 Å². The number of fused-ring (bicyclic) bond motifs is 3. The van der Waals surface area contributed by atoms with Gasteiger partial charge in [-0.05, 0) is 60.5 Å². The number of aliphatic hydroxyl groups excluding tert-OH is 2. The lowest BCUT2D eigenvalue weighted by atomic mass is 9.59. The fraction of sp³-hybridized carbons (Fsp3) is 0.667. The number of aliphatic hydroxyl groups is 3. The highest BCUT2D eigenvalue weighted by atomic mass is 16.6. The van der Waals surface area contributed by atoms with Crippen molar-refractivity contribution >= 4 is 11.8 Å². The predicted molar refractivity (Wildman–Crippen MR) is 138 cm³/mol. The Bertz CT molecular complexity index is 1020. The minimum atomic E-state index is -2.10. The van der Waals surface area contributed by atoms with Crippen molar-refractivity contribution in [3.63, 3.8) is 0 Å². The van der Waals surface area contributed by atoms with Crippen LogP contribution in [0.4, 0.5) is 0 Å². The summed E-state index contributed by atoms with van der Waals surface area (Å²) in [6, 6.07) is 0. The molecular weight excluding hydrogens is 456 g/mol. The molecule has 2 bridgehead atoms. The summed E-state index contributed by atoms with van der Waals surface area (Å²) in [5.41, 5.74) is -2.79. The van der Waals surface area contributed by atoms with E-state index in [0.29, 0.717) is 11.5 Å². The maximum absolute atomic E-state index is 14.3. The van der Waals surface area contributed by atoms with Gasteiger partial charge in [-0.15, -0.1) is 0 Å². The fourth-order valence-electron chi connectivity index (χ4n) is 7.57. The number of ketones is 1. The molecule has 0 aromatic heterocycles. The molecule has 0 amide bonds. The molecule has 0 saturated heterocycles. The van der Waals surface area contributed by atoms with Gasteiger partial charge in [0.15, 0.2) is 17.5 Å². The lowest BCUT2D eigenvalue weighted by Crippen LogP contribution is -2.65. The van der Waals surface area contributed by atoms with Crippen LogP contribution in [0.3, 0.4) is 0 Å². The fourth-order valence-corrected chi connectivity index (χ4v) is 7.57. The standard InChI is InChI=1S/C30H42O6/c1-6-7-8-9-10-11-12-13-23(32)36-27-18(2)16-29-19(3)14-22-24(28(22,4)5)21(26(29)34)15-20(17-31)25(33)30(27,29)35/h10-13,15-16,19,21-22,24-25,27,31,33,35H,6-9,14,17H2,1-5H3/b11-10+,13-12-/t19-,21+,22-,24+,25-,27+,29+,30+/m1/s1. The van der Waals surface area contributed by atoms with E-state index in [2.05, 4.69) is 20.8 Å². The summed E-state index contributed by atoms with van der Waals surface area (Å²) in [7, 11) is 0. The predicted octanol–water partition coefficient (Wildman–Crippen LogP) is 4.06. The molecule has 1 spiro atoms. The van der Waals surface area contributed by atoms with E-state index in [0.717, 1.165) is 32.1 Å². The highest BCUT2D eigenvalue weighted by Crippen LogP contribution is 2.71. The van der Waals surface area contributed by atoms with Gasteiger partial charge in [0.2, 0.25) is 0 Å². The van der Waals surface area contributed by atoms with Gasteiger partial charge < -0.3 is 20.1 Å². The Morgan fingerprint density at radius 3 is 2.64 bits per heavy atom. The van der Waals surface area contributed by atoms with Crippen LogP contribution in [0.25, 0.3) is 0 Å². The van der Waals surface area contributed by atoms with Crippen molar-refractivity contribution in [2.45, 2.75) is 84.5 Å². The van der Waals surface area contributed by atoms with Crippen molar-refractivity contribution in [3.8, 4) is 0 Å². The molecule has 0 unspecified atom stereocenters. The van der Waals surface area contributed by atoms with Crippen LogP contribution in [0.2, 0.25) is 0 Å². The number of hydrogen-bond donors (Lipinski definition) is 3. The van der Waals surface area contributed by atoms with E-state index in [1.165, 1.54) is 6.08 Å². The zero-order valence-electron chi connectivity index (χ0n) is 22.2. The third-order valence-corrected chi connectivity index (χ3v) is 9.58. The van der Waals surface area contributed by atoms with Gasteiger partial charge >= 0.3 is 5.97 Å². The van der Waals surface area contributed by atoms with Gasteiger partial charge in [0.25, 0.3) is 0 Å². The molecule has 8 atom stereocenters. The Morgan fingerprint density at radius 1 is 1.25 bits per heavy atom. The molecule has 0 heterocycles. The number of hydrogen-bond acceptors (Lipinski definition) is 6. The first kappa shape index (κ1) is 27.0. The number of ether oxygens (including phenoxy) is 1. The van der Waals surface area contributed by atoms with E-state index < -0.39 is 41.7 Å². The number of unbranched alkanes of at least 4 members (excludes halogenated alkanes) is 3. The minimum Gasteiger partial charge on any atom is -0.451 e. The zero-order valence-corrected chi connectivity index (χ0v) is 22.2. The van der Waals surface area contributed by atoms with Gasteiger partial charge in [-0.3, -0.25) is 4.79 Å². The Labute approximate surface area is 214 Å². The highest BCUT2D eigenvalue weighted by Gasteiger charge is 2.76. The first-order valence-electron chi connectivity index (χ1n) is 13.5. The van der Waals surface area contributed by atoms with Crippen LogP contribution in [0.5, 0.6) is 0 Å². The van der Waals surface area contributed by atoms with Crippen LogP contribution in [-0.2, 0) is 14.3 Å². The number of carbonyl (C=O) groups is 2. The monoisotopic (exact) mass is 498 g/mol. The summed E-state index contributed by atoms with van der Waals surface area (Å²) in [5.74, 6) is -1.21. The summed E-state index contributed by atoms with van der Waals surface area (Å²) in [6.45, 7) is 9.66. The zero-order chi connectivity index (χ0) is 26.5. The first-order valence-corrected chi connectivity index (χ1v) is 13.5. The van der Waals surface area contributed by atoms with Crippen LogP contribution in [0.15, 0.2) is 47.6 Å². The molecular formula is C30H42O6. The molecule has 2 saturated carbocycles. The number of Topliss-reactive ketones (excluding diaryl/α,β-unsaturated/α-hetero) is 1. The van der Waals surface area contributed by atoms with Crippen LogP contribution in [0.1, 0.15) is 66.7 Å². The third-order valence-electron chi connectivity index (χ3n) is 9.58. The molecule has 0 aromatic carbocycles. The molecule has 2 fully saturated rings. The molecule has 3 N–H and O–H groups in total. The molecule has 6 heteroatoms. The van der Waals surface area contributed by atoms with E-state index in [-0.39, 0.29) is 28.6 Å². The van der Waals surface area contributed by atoms with E-state index >= 15 is 0 Å². The van der Waals surface area contributed by atoms with Gasteiger partial charge in [-0.25, -0.2) is 4.79 Å². The van der Waals surface area contributed by atoms with Crippen LogP contribution >= 0.6 is 0 Å². The van der Waals surface area contributed by atoms with E-state index in [1.54, 1.807) is 31.2 Å². The number of allylic oxidation sites excluding steroid dienone is 4. The quantitative estimate of drug-likeness (QED) is 0.153. The second-order valence-electron chi connectivity index (χ2n) is 12.0. The van der Waals surface area contributed by atoms with E-state index in [4.69, 9.17) is 4.74 Å². The van der Waals surface area contributed by atoms with Crippen LogP contribution < -0.4 is 0 Å². The molecule has 6 nitrogen and oxygen atoms in total. The van der Waals surface area contributed by atoms with Gasteiger partial charge in [-0.2, -0.15) is 0 Å². The van der Waals surface area contributed by atoms with Crippen molar-refractivity contribution in [3.05, 3.63) is 47.6 Å². The van der Waals surface area contributed by atoms with Gasteiger partial charge in [0.05, 0.1) is 12.0 Å². The second kappa shape index (κ2) is 9.70. The molecule has 4 rings (SSSR count). The summed E-state index contributed by atoms with van der Waals surface area (Å²) in [6.07, 6.45) is 12.4. The van der Waals surface area contributed by atoms with E-state index in [9.17, 15) is 24.9 Å². The van der Waals surface area contributed by atoms with Crippen molar-refractivity contribution in [2.75, 3.05) is 6.61 Å². The molecule has 0 aromatic rings. The minimum absolute atomic E-state index is 0.0290. The first-order chi connectivity index (χ1) is 17.0. The Morgan fingerprint density at radius 2 is 1.97 bits per heavy atom. The SMILES string of the molecule is CCCCC/C=C/C=C\C(=O)O[C@H]1C(C)=C[C@]23C(=O)[C@@H](C=C(CO)[C@@H](O)[C@]12O)[C@H]1[C@@H](C[C@H]3C)C1(C)C. The smallest absolute Gasteiger partial charge is 0.331 e. The largest absolute Gasteiger partial charge is 0.451 e. The average molecular weight is 499 g/mol. The molecule has 0 aliphatic heterocycles. The van der Waals surface area contributed by atoms with Gasteiger partial charge in [0.1, 0.15) is 6.10 Å². The lowest BCUT2D eigenvalue weighted by Gasteiger charge is -2.48. The van der Waals surface area contributed by atoms with Crippen molar-refractivity contribution < 1.29 is 29.6 Å². The average Bonchev–Trinajstić information content (AvgIpc) is 3.32. The van der Waals surface area contributed by atoms with Gasteiger partial charge in [-0.1, -0.05) is 70.9 Å². The van der Waals surface area contributed by atoms with E-state index in [1.807, 2.05) is 13.0 Å². The van der Waals surface area contributed by atoms with Crippen molar-refractivity contribution in [2.24, 2.45) is 34.5 Å². The third kappa shape index (κ3) is 3.88. The van der Waals surface area contributed by atoms with Gasteiger partial charge in [0, 0.05) is 12.0 Å². The van der Waals surface area contributed by atoms with Crippen LogP contribution in [-0.4, -0.2) is 51.5 Å². The molecule has 4 aliphatic carbocycles. The molecule has 0 radical (unpaired) electrons. The summed E-state index contributed by atoms with van der Waals surface area (Å²) >= 11 is 0. The highest BCUT2D eigenvalue weighted by molar-refractivity contribution is 5.95. The summed E-state index contributed by atoms with van der Waals surface area (Å²) in [5, 5.41) is 34.0. The summed E-state index contributed by atoms with van der Waals surface area (Å²) in [4.78, 5) is 27.1. The van der Waals surface area contributed by atoms with Crippen LogP contribution in [0, 0.1) is 34.5 Å². The molecule has 4 aliphatic rings. The Balaban J connectivity index is 1.66.